The van der Waals surface area contributed by atoms with E-state index in [1.807, 2.05) is 54.3 Å². The number of fused-ring (bicyclic) bond motifs is 1. The SMILES string of the molecule is COc1ccc(C)cc1C(=O)N1CCC[C@H]1c1nc2ccccc2[nH]1. The number of rotatable bonds is 3. The number of ether oxygens (including phenoxy) is 1. The predicted octanol–water partition coefficient (Wildman–Crippen LogP) is 3.86. The van der Waals surface area contributed by atoms with Crippen LogP contribution in [-0.4, -0.2) is 34.4 Å². The van der Waals surface area contributed by atoms with Crippen molar-refractivity contribution in [1.82, 2.24) is 14.9 Å². The lowest BCUT2D eigenvalue weighted by atomic mass is 10.1. The van der Waals surface area contributed by atoms with Crippen LogP contribution in [0.25, 0.3) is 11.0 Å². The molecule has 3 aromatic rings. The standard InChI is InChI=1S/C20H21N3O2/c1-13-9-10-18(25-2)14(12-13)20(24)23-11-5-8-17(23)19-21-15-6-3-4-7-16(15)22-19/h3-4,6-7,9-10,12,17H,5,8,11H2,1-2H3,(H,21,22)/t17-/m0/s1. The Morgan fingerprint density at radius 1 is 1.28 bits per heavy atom. The Morgan fingerprint density at radius 2 is 2.12 bits per heavy atom. The van der Waals surface area contributed by atoms with E-state index < -0.39 is 0 Å². The van der Waals surface area contributed by atoms with E-state index >= 15 is 0 Å². The second-order valence-electron chi connectivity index (χ2n) is 6.50. The number of aromatic nitrogens is 2. The maximum absolute atomic E-state index is 13.2. The monoisotopic (exact) mass is 335 g/mol. The zero-order chi connectivity index (χ0) is 17.4. The largest absolute Gasteiger partial charge is 0.496 e. The highest BCUT2D eigenvalue weighted by molar-refractivity contribution is 5.97. The molecule has 0 spiro atoms. The van der Waals surface area contributed by atoms with Crippen molar-refractivity contribution in [3.8, 4) is 5.75 Å². The number of H-pyrrole nitrogens is 1. The summed E-state index contributed by atoms with van der Waals surface area (Å²) in [5, 5.41) is 0. The Labute approximate surface area is 146 Å². The maximum atomic E-state index is 13.2. The van der Waals surface area contributed by atoms with Gasteiger partial charge in [0.15, 0.2) is 0 Å². The summed E-state index contributed by atoms with van der Waals surface area (Å²) in [5.74, 6) is 1.48. The molecule has 1 fully saturated rings. The third kappa shape index (κ3) is 2.76. The summed E-state index contributed by atoms with van der Waals surface area (Å²) in [6.45, 7) is 2.72. The van der Waals surface area contributed by atoms with Crippen LogP contribution in [0.1, 0.15) is 40.6 Å². The minimum Gasteiger partial charge on any atom is -0.496 e. The number of hydrogen-bond donors (Lipinski definition) is 1. The van der Waals surface area contributed by atoms with Crippen molar-refractivity contribution in [1.29, 1.82) is 0 Å². The molecule has 128 valence electrons. The normalized spacial score (nSPS) is 17.2. The summed E-state index contributed by atoms with van der Waals surface area (Å²) >= 11 is 0. The van der Waals surface area contributed by atoms with Gasteiger partial charge >= 0.3 is 0 Å². The van der Waals surface area contributed by atoms with Crippen molar-refractivity contribution in [2.75, 3.05) is 13.7 Å². The number of aryl methyl sites for hydroxylation is 1. The number of methoxy groups -OCH3 is 1. The van der Waals surface area contributed by atoms with Gasteiger partial charge in [0.1, 0.15) is 11.6 Å². The molecule has 2 aromatic carbocycles. The number of benzene rings is 2. The first-order valence-electron chi connectivity index (χ1n) is 8.57. The molecule has 1 atom stereocenters. The number of nitrogens with one attached hydrogen (secondary N) is 1. The average Bonchev–Trinajstić information content (AvgIpc) is 3.27. The summed E-state index contributed by atoms with van der Waals surface area (Å²) in [4.78, 5) is 23.2. The quantitative estimate of drug-likeness (QED) is 0.791. The van der Waals surface area contributed by atoms with Crippen molar-refractivity contribution in [2.24, 2.45) is 0 Å². The van der Waals surface area contributed by atoms with Crippen molar-refractivity contribution >= 4 is 16.9 Å². The van der Waals surface area contributed by atoms with E-state index in [-0.39, 0.29) is 11.9 Å². The molecule has 25 heavy (non-hydrogen) atoms. The lowest BCUT2D eigenvalue weighted by molar-refractivity contribution is 0.0727. The Morgan fingerprint density at radius 3 is 2.92 bits per heavy atom. The lowest BCUT2D eigenvalue weighted by Gasteiger charge is -2.24. The van der Waals surface area contributed by atoms with E-state index in [0.29, 0.717) is 11.3 Å². The zero-order valence-electron chi connectivity index (χ0n) is 14.5. The van der Waals surface area contributed by atoms with Gasteiger partial charge in [-0.2, -0.15) is 0 Å². The molecule has 1 aliphatic heterocycles. The number of likely N-dealkylation sites (tertiary alicyclic amines) is 1. The van der Waals surface area contributed by atoms with Gasteiger partial charge in [-0.3, -0.25) is 4.79 Å². The Hall–Kier alpha value is -2.82. The van der Waals surface area contributed by atoms with E-state index in [1.165, 1.54) is 0 Å². The molecule has 5 nitrogen and oxygen atoms in total. The van der Waals surface area contributed by atoms with Crippen LogP contribution in [0.2, 0.25) is 0 Å². The number of imidazole rings is 1. The number of amides is 1. The van der Waals surface area contributed by atoms with E-state index in [2.05, 4.69) is 4.98 Å². The Balaban J connectivity index is 1.69. The second kappa shape index (κ2) is 6.24. The van der Waals surface area contributed by atoms with Gasteiger partial charge in [-0.1, -0.05) is 23.8 Å². The lowest BCUT2D eigenvalue weighted by Crippen LogP contribution is -2.31. The number of nitrogens with zero attached hydrogens (tertiary/aromatic N) is 2. The molecular formula is C20H21N3O2. The Kier molecular flexibility index (Phi) is 3.92. The number of aromatic amines is 1. The van der Waals surface area contributed by atoms with Gasteiger partial charge in [-0.05, 0) is 44.0 Å². The third-order valence-electron chi connectivity index (χ3n) is 4.82. The highest BCUT2D eigenvalue weighted by Crippen LogP contribution is 2.34. The second-order valence-corrected chi connectivity index (χ2v) is 6.50. The smallest absolute Gasteiger partial charge is 0.258 e. The minimum atomic E-state index is -0.0230. The van der Waals surface area contributed by atoms with Gasteiger partial charge in [0.2, 0.25) is 0 Å². The highest BCUT2D eigenvalue weighted by atomic mass is 16.5. The molecule has 5 heteroatoms. The third-order valence-corrected chi connectivity index (χ3v) is 4.82. The molecule has 0 saturated carbocycles. The van der Waals surface area contributed by atoms with Crippen LogP contribution in [0.3, 0.4) is 0 Å². The molecule has 0 radical (unpaired) electrons. The average molecular weight is 335 g/mol. The summed E-state index contributed by atoms with van der Waals surface area (Å²) in [7, 11) is 1.60. The first-order chi connectivity index (χ1) is 12.2. The highest BCUT2D eigenvalue weighted by Gasteiger charge is 2.33. The van der Waals surface area contributed by atoms with E-state index in [1.54, 1.807) is 7.11 Å². The van der Waals surface area contributed by atoms with Gasteiger partial charge in [-0.15, -0.1) is 0 Å². The molecule has 0 unspecified atom stereocenters. The van der Waals surface area contributed by atoms with Crippen LogP contribution in [-0.2, 0) is 0 Å². The number of para-hydroxylation sites is 2. The summed E-state index contributed by atoms with van der Waals surface area (Å²) in [6.07, 6.45) is 1.89. The number of carbonyl (C=O) groups excluding carboxylic acids is 1. The van der Waals surface area contributed by atoms with Gasteiger partial charge in [-0.25, -0.2) is 4.98 Å². The number of carbonyl (C=O) groups is 1. The van der Waals surface area contributed by atoms with Crippen LogP contribution >= 0.6 is 0 Å². The summed E-state index contributed by atoms with van der Waals surface area (Å²) < 4.78 is 5.40. The van der Waals surface area contributed by atoms with Crippen molar-refractivity contribution < 1.29 is 9.53 Å². The van der Waals surface area contributed by atoms with Crippen molar-refractivity contribution in [3.05, 3.63) is 59.4 Å². The topological polar surface area (TPSA) is 58.2 Å². The van der Waals surface area contributed by atoms with E-state index in [0.717, 1.165) is 41.8 Å². The van der Waals surface area contributed by atoms with Gasteiger partial charge in [0.25, 0.3) is 5.91 Å². The van der Waals surface area contributed by atoms with Crippen LogP contribution in [0.5, 0.6) is 5.75 Å². The summed E-state index contributed by atoms with van der Waals surface area (Å²) in [6, 6.07) is 13.6. The predicted molar refractivity (Wildman–Crippen MR) is 96.8 cm³/mol. The maximum Gasteiger partial charge on any atom is 0.258 e. The summed E-state index contributed by atoms with van der Waals surface area (Å²) in [5.41, 5.74) is 3.60. The van der Waals surface area contributed by atoms with E-state index in [9.17, 15) is 4.79 Å². The first kappa shape index (κ1) is 15.7. The van der Waals surface area contributed by atoms with Gasteiger partial charge < -0.3 is 14.6 Å². The van der Waals surface area contributed by atoms with Crippen LogP contribution in [0, 0.1) is 6.92 Å². The van der Waals surface area contributed by atoms with Crippen LogP contribution < -0.4 is 4.74 Å². The van der Waals surface area contributed by atoms with Gasteiger partial charge in [0.05, 0.1) is 29.7 Å². The van der Waals surface area contributed by atoms with E-state index in [4.69, 9.17) is 9.72 Å². The Bertz CT molecular complexity index is 899. The zero-order valence-corrected chi connectivity index (χ0v) is 14.5. The molecule has 4 rings (SSSR count). The van der Waals surface area contributed by atoms with Crippen LogP contribution in [0.15, 0.2) is 42.5 Å². The molecule has 1 aliphatic rings. The molecule has 2 heterocycles. The van der Waals surface area contributed by atoms with Crippen molar-refractivity contribution in [3.63, 3.8) is 0 Å². The molecule has 1 amide bonds. The minimum absolute atomic E-state index is 0.00325. The fraction of sp³-hybridized carbons (Fsp3) is 0.300. The fourth-order valence-corrected chi connectivity index (χ4v) is 3.57. The molecular weight excluding hydrogens is 314 g/mol. The van der Waals surface area contributed by atoms with Gasteiger partial charge in [0, 0.05) is 6.54 Å². The molecule has 0 bridgehead atoms. The number of hydrogen-bond acceptors (Lipinski definition) is 3. The molecule has 1 aromatic heterocycles. The molecule has 1 saturated heterocycles. The van der Waals surface area contributed by atoms with Crippen molar-refractivity contribution in [2.45, 2.75) is 25.8 Å². The fourth-order valence-electron chi connectivity index (χ4n) is 3.57. The molecule has 1 N–H and O–H groups in total. The first-order valence-corrected chi connectivity index (χ1v) is 8.57. The van der Waals surface area contributed by atoms with Crippen LogP contribution in [0.4, 0.5) is 0 Å². The molecule has 0 aliphatic carbocycles.